The van der Waals surface area contributed by atoms with Crippen molar-refractivity contribution in [3.05, 3.63) is 23.9 Å². The molecule has 0 unspecified atom stereocenters. The smallest absolute Gasteiger partial charge is 0.213 e. The van der Waals surface area contributed by atoms with Crippen molar-refractivity contribution < 1.29 is 4.74 Å². The zero-order chi connectivity index (χ0) is 13.8. The largest absolute Gasteiger partial charge is 0.481 e. The topological polar surface area (TPSA) is 46.5 Å². The maximum atomic E-state index is 5.14. The van der Waals surface area contributed by atoms with Gasteiger partial charge in [0.05, 0.1) is 13.7 Å². The molecule has 0 amide bonds. The summed E-state index contributed by atoms with van der Waals surface area (Å²) in [5.41, 5.74) is 1.47. The summed E-state index contributed by atoms with van der Waals surface area (Å²) in [6.07, 6.45) is 8.44. The molecule has 1 aliphatic heterocycles. The lowest BCUT2D eigenvalue weighted by atomic mass is 9.83. The van der Waals surface area contributed by atoms with Crippen molar-refractivity contribution >= 4 is 16.9 Å². The van der Waals surface area contributed by atoms with Gasteiger partial charge in [-0.15, -0.1) is 0 Å². The molecule has 0 aromatic carbocycles. The molecule has 2 fully saturated rings. The van der Waals surface area contributed by atoms with Gasteiger partial charge < -0.3 is 10.1 Å². The lowest BCUT2D eigenvalue weighted by Gasteiger charge is -2.32. The number of aliphatic imine (C=N–C) groups is 1. The summed E-state index contributed by atoms with van der Waals surface area (Å²) in [5, 5.41) is 4.77. The molecule has 1 spiro atoms. The Labute approximate surface area is 124 Å². The molecule has 1 aromatic heterocycles. The monoisotopic (exact) mass is 291 g/mol. The van der Waals surface area contributed by atoms with E-state index in [9.17, 15) is 0 Å². The molecule has 5 heteroatoms. The highest BCUT2D eigenvalue weighted by atomic mass is 32.2. The second-order valence-corrected chi connectivity index (χ2v) is 6.55. The fourth-order valence-electron chi connectivity index (χ4n) is 2.91. The molecule has 1 aliphatic carbocycles. The maximum absolute atomic E-state index is 5.14. The van der Waals surface area contributed by atoms with Crippen molar-refractivity contribution in [3.8, 4) is 5.88 Å². The Bertz CT molecular complexity index is 498. The first kappa shape index (κ1) is 13.7. The van der Waals surface area contributed by atoms with Crippen LogP contribution < -0.4 is 10.1 Å². The maximum Gasteiger partial charge on any atom is 0.213 e. The van der Waals surface area contributed by atoms with E-state index in [0.29, 0.717) is 18.0 Å². The van der Waals surface area contributed by atoms with Gasteiger partial charge in [-0.25, -0.2) is 4.98 Å². The molecule has 4 nitrogen and oxygen atoms in total. The van der Waals surface area contributed by atoms with Crippen molar-refractivity contribution in [3.63, 3.8) is 0 Å². The normalized spacial score (nSPS) is 22.9. The summed E-state index contributed by atoms with van der Waals surface area (Å²) >= 11 is 1.87. The number of pyridine rings is 1. The first-order valence-electron chi connectivity index (χ1n) is 7.24. The number of hydrogen-bond acceptors (Lipinski definition) is 4. The predicted molar refractivity (Wildman–Crippen MR) is 83.3 cm³/mol. The molecule has 1 saturated heterocycles. The Balaban J connectivity index is 1.62. The van der Waals surface area contributed by atoms with Gasteiger partial charge in [0.25, 0.3) is 0 Å². The van der Waals surface area contributed by atoms with Gasteiger partial charge in [-0.2, -0.15) is 0 Å². The van der Waals surface area contributed by atoms with Crippen LogP contribution in [-0.4, -0.2) is 28.6 Å². The number of hydrogen-bond donors (Lipinski definition) is 1. The predicted octanol–water partition coefficient (Wildman–Crippen LogP) is 2.99. The molecule has 3 rings (SSSR count). The minimum Gasteiger partial charge on any atom is -0.481 e. The number of nitrogens with zero attached hydrogens (tertiary/aromatic N) is 2. The van der Waals surface area contributed by atoms with Crippen LogP contribution in [-0.2, 0) is 6.54 Å². The fraction of sp³-hybridized carbons (Fsp3) is 0.600. The van der Waals surface area contributed by atoms with Crippen LogP contribution in [0.2, 0.25) is 0 Å². The van der Waals surface area contributed by atoms with Gasteiger partial charge in [-0.1, -0.05) is 31.0 Å². The molecule has 0 radical (unpaired) electrons. The Kier molecular flexibility index (Phi) is 4.15. The lowest BCUT2D eigenvalue weighted by Crippen LogP contribution is -2.45. The quantitative estimate of drug-likeness (QED) is 0.930. The molecular formula is C15H21N3OS. The summed E-state index contributed by atoms with van der Waals surface area (Å²) in [6, 6.07) is 3.93. The van der Waals surface area contributed by atoms with E-state index in [0.717, 1.165) is 10.7 Å². The molecule has 0 bridgehead atoms. The lowest BCUT2D eigenvalue weighted by molar-refractivity contribution is 0.303. The van der Waals surface area contributed by atoms with Crippen LogP contribution in [0.1, 0.15) is 37.7 Å². The van der Waals surface area contributed by atoms with E-state index >= 15 is 0 Å². The van der Waals surface area contributed by atoms with Gasteiger partial charge >= 0.3 is 0 Å². The summed E-state index contributed by atoms with van der Waals surface area (Å²) < 4.78 is 5.14. The third kappa shape index (κ3) is 3.08. The molecule has 20 heavy (non-hydrogen) atoms. The number of rotatable bonds is 3. The second-order valence-electron chi connectivity index (χ2n) is 5.58. The van der Waals surface area contributed by atoms with Gasteiger partial charge in [-0.3, -0.25) is 4.99 Å². The third-order valence-corrected chi connectivity index (χ3v) is 5.28. The summed E-state index contributed by atoms with van der Waals surface area (Å²) in [4.78, 5) is 8.82. The van der Waals surface area contributed by atoms with E-state index in [1.165, 1.54) is 37.9 Å². The van der Waals surface area contributed by atoms with Crippen molar-refractivity contribution in [2.45, 2.75) is 44.2 Å². The number of amidine groups is 1. The zero-order valence-corrected chi connectivity index (χ0v) is 12.7. The second kappa shape index (κ2) is 6.04. The highest BCUT2D eigenvalue weighted by Gasteiger charge is 2.37. The molecule has 2 heterocycles. The Morgan fingerprint density at radius 1 is 1.40 bits per heavy atom. The van der Waals surface area contributed by atoms with E-state index in [1.54, 1.807) is 13.3 Å². The summed E-state index contributed by atoms with van der Waals surface area (Å²) in [5.74, 6) is 1.82. The van der Waals surface area contributed by atoms with Crippen molar-refractivity contribution in [2.24, 2.45) is 4.99 Å². The van der Waals surface area contributed by atoms with Crippen LogP contribution in [0.15, 0.2) is 23.3 Å². The average Bonchev–Trinajstić information content (AvgIpc) is 2.89. The molecular weight excluding hydrogens is 270 g/mol. The molecule has 108 valence electrons. The van der Waals surface area contributed by atoms with E-state index in [2.05, 4.69) is 10.3 Å². The van der Waals surface area contributed by atoms with Crippen molar-refractivity contribution in [1.82, 2.24) is 10.3 Å². The van der Waals surface area contributed by atoms with E-state index in [4.69, 9.17) is 9.73 Å². The number of aromatic nitrogens is 1. The molecule has 0 atom stereocenters. The number of thioether (sulfide) groups is 1. The van der Waals surface area contributed by atoms with E-state index < -0.39 is 0 Å². The van der Waals surface area contributed by atoms with Crippen LogP contribution >= 0.6 is 11.8 Å². The van der Waals surface area contributed by atoms with E-state index in [1.807, 2.05) is 23.9 Å². The van der Waals surface area contributed by atoms with Gasteiger partial charge in [0, 0.05) is 23.6 Å². The summed E-state index contributed by atoms with van der Waals surface area (Å²) in [7, 11) is 1.64. The summed E-state index contributed by atoms with van der Waals surface area (Å²) in [6.45, 7) is 0.685. The Hall–Kier alpha value is -1.23. The highest BCUT2D eigenvalue weighted by Crippen LogP contribution is 2.36. The van der Waals surface area contributed by atoms with Crippen molar-refractivity contribution in [1.29, 1.82) is 0 Å². The van der Waals surface area contributed by atoms with Gasteiger partial charge in [0.15, 0.2) is 5.17 Å². The minimum absolute atomic E-state index is 0.331. The average molecular weight is 291 g/mol. The SMILES string of the molecule is COc1cc(CN=C2NC3(CCCCC3)CS2)ccn1. The van der Waals surface area contributed by atoms with Crippen LogP contribution in [0.25, 0.3) is 0 Å². The number of ether oxygens (including phenoxy) is 1. The van der Waals surface area contributed by atoms with Crippen LogP contribution in [0.4, 0.5) is 0 Å². The minimum atomic E-state index is 0.331. The van der Waals surface area contributed by atoms with Gasteiger partial charge in [0.2, 0.25) is 5.88 Å². The van der Waals surface area contributed by atoms with Gasteiger partial charge in [-0.05, 0) is 24.5 Å². The molecule has 2 aliphatic rings. The zero-order valence-electron chi connectivity index (χ0n) is 11.9. The van der Waals surface area contributed by atoms with Crippen molar-refractivity contribution in [2.75, 3.05) is 12.9 Å². The molecule has 1 N–H and O–H groups in total. The molecule has 1 aromatic rings. The van der Waals surface area contributed by atoms with Crippen LogP contribution in [0.5, 0.6) is 5.88 Å². The van der Waals surface area contributed by atoms with Crippen LogP contribution in [0, 0.1) is 0 Å². The highest BCUT2D eigenvalue weighted by molar-refractivity contribution is 8.14. The standard InChI is InChI=1S/C15H21N3OS/c1-19-13-9-12(5-8-16-13)10-17-14-18-15(11-20-14)6-3-2-4-7-15/h5,8-9H,2-4,6-7,10-11H2,1H3,(H,17,18). The van der Waals surface area contributed by atoms with E-state index in [-0.39, 0.29) is 0 Å². The van der Waals surface area contributed by atoms with Crippen LogP contribution in [0.3, 0.4) is 0 Å². The Morgan fingerprint density at radius 3 is 3.05 bits per heavy atom. The first-order chi connectivity index (χ1) is 9.80. The van der Waals surface area contributed by atoms with Gasteiger partial charge in [0.1, 0.15) is 0 Å². The molecule has 1 saturated carbocycles. The number of nitrogens with one attached hydrogen (secondary N) is 1. The Morgan fingerprint density at radius 2 is 2.25 bits per heavy atom. The first-order valence-corrected chi connectivity index (χ1v) is 8.23. The third-order valence-electron chi connectivity index (χ3n) is 4.08. The number of methoxy groups -OCH3 is 1. The fourth-order valence-corrected chi connectivity index (χ4v) is 4.13.